The van der Waals surface area contributed by atoms with Crippen molar-refractivity contribution in [1.29, 1.82) is 0 Å². The minimum atomic E-state index is -0.160. The highest BCUT2D eigenvalue weighted by molar-refractivity contribution is 5.87. The molecule has 3 rings (SSSR count). The maximum Gasteiger partial charge on any atom is 0.271 e. The molecule has 0 bridgehead atoms. The molecular formula is C21H27N5O2. The molecule has 0 unspecified atom stereocenters. The van der Waals surface area contributed by atoms with Crippen LogP contribution in [0.4, 0.5) is 5.69 Å². The molecule has 7 nitrogen and oxygen atoms in total. The van der Waals surface area contributed by atoms with Crippen LogP contribution in [0.15, 0.2) is 53.7 Å². The van der Waals surface area contributed by atoms with Crippen LogP contribution >= 0.6 is 0 Å². The van der Waals surface area contributed by atoms with Gasteiger partial charge in [0, 0.05) is 55.9 Å². The Hall–Kier alpha value is -2.93. The summed E-state index contributed by atoms with van der Waals surface area (Å²) in [5.41, 5.74) is 2.27. The maximum absolute atomic E-state index is 12.4. The van der Waals surface area contributed by atoms with E-state index in [9.17, 15) is 9.59 Å². The van der Waals surface area contributed by atoms with Gasteiger partial charge in [0.2, 0.25) is 5.91 Å². The number of likely N-dealkylation sites (tertiary alicyclic amines) is 1. The summed E-state index contributed by atoms with van der Waals surface area (Å²) in [5.74, 6) is 0.0211. The predicted octanol–water partition coefficient (Wildman–Crippen LogP) is 1.96. The molecule has 1 amide bonds. The normalized spacial score (nSPS) is 17.2. The first-order chi connectivity index (χ1) is 13.5. The number of rotatable bonds is 6. The number of carbonyl (C=O) groups is 1. The Kier molecular flexibility index (Phi) is 6.60. The van der Waals surface area contributed by atoms with Gasteiger partial charge >= 0.3 is 0 Å². The van der Waals surface area contributed by atoms with Gasteiger partial charge in [-0.05, 0) is 50.7 Å². The number of aromatic amines is 1. The molecule has 28 heavy (non-hydrogen) atoms. The topological polar surface area (TPSA) is 81.3 Å². The van der Waals surface area contributed by atoms with Gasteiger partial charge in [0.15, 0.2) is 0 Å². The van der Waals surface area contributed by atoms with Gasteiger partial charge in [0.05, 0.1) is 0 Å². The number of carbonyl (C=O) groups excluding carboxylic acids is 1. The molecule has 1 fully saturated rings. The van der Waals surface area contributed by atoms with Gasteiger partial charge in [0.1, 0.15) is 5.69 Å². The first-order valence-electron chi connectivity index (χ1n) is 9.53. The van der Waals surface area contributed by atoms with Crippen LogP contribution < -0.4 is 10.9 Å². The molecule has 3 heterocycles. The number of likely N-dealkylation sites (N-methyl/N-ethyl adjacent to an activating group) is 1. The zero-order valence-electron chi connectivity index (χ0n) is 16.4. The number of hydrogen-bond acceptors (Lipinski definition) is 5. The van der Waals surface area contributed by atoms with Crippen LogP contribution in [-0.2, 0) is 4.79 Å². The Morgan fingerprint density at radius 1 is 1.36 bits per heavy atom. The summed E-state index contributed by atoms with van der Waals surface area (Å²) < 4.78 is 0. The van der Waals surface area contributed by atoms with Crippen molar-refractivity contribution in [3.63, 3.8) is 0 Å². The van der Waals surface area contributed by atoms with Crippen molar-refractivity contribution >= 4 is 11.6 Å². The lowest BCUT2D eigenvalue weighted by atomic mass is 10.0. The minimum Gasteiger partial charge on any atom is -0.376 e. The highest BCUT2D eigenvalue weighted by Crippen LogP contribution is 2.20. The monoisotopic (exact) mass is 381 g/mol. The number of hydrogen-bond donors (Lipinski definition) is 2. The van der Waals surface area contributed by atoms with Gasteiger partial charge in [-0.1, -0.05) is 6.08 Å². The van der Waals surface area contributed by atoms with Crippen molar-refractivity contribution in [1.82, 2.24) is 19.8 Å². The smallest absolute Gasteiger partial charge is 0.271 e. The highest BCUT2D eigenvalue weighted by atomic mass is 16.2. The van der Waals surface area contributed by atoms with Crippen molar-refractivity contribution < 1.29 is 4.79 Å². The second kappa shape index (κ2) is 9.32. The van der Waals surface area contributed by atoms with Crippen molar-refractivity contribution in [2.45, 2.75) is 18.9 Å². The molecule has 0 aliphatic carbocycles. The molecule has 1 atom stereocenters. The van der Waals surface area contributed by atoms with Crippen LogP contribution in [0, 0.1) is 0 Å². The third-order valence-electron chi connectivity index (χ3n) is 4.74. The summed E-state index contributed by atoms with van der Waals surface area (Å²) in [7, 11) is 3.93. The molecule has 1 saturated heterocycles. The summed E-state index contributed by atoms with van der Waals surface area (Å²) >= 11 is 0. The molecule has 148 valence electrons. The van der Waals surface area contributed by atoms with Crippen LogP contribution in [0.25, 0.3) is 11.1 Å². The van der Waals surface area contributed by atoms with E-state index in [0.29, 0.717) is 12.2 Å². The number of pyridine rings is 2. The molecule has 7 heteroatoms. The number of nitrogens with zero attached hydrogens (tertiary/aromatic N) is 3. The van der Waals surface area contributed by atoms with Gasteiger partial charge in [-0.3, -0.25) is 14.6 Å². The Labute approximate surface area is 165 Å². The fourth-order valence-electron chi connectivity index (χ4n) is 3.29. The van der Waals surface area contributed by atoms with Gasteiger partial charge in [0.25, 0.3) is 5.56 Å². The summed E-state index contributed by atoms with van der Waals surface area (Å²) in [6.45, 7) is 2.07. The van der Waals surface area contributed by atoms with E-state index in [4.69, 9.17) is 0 Å². The third kappa shape index (κ3) is 5.29. The van der Waals surface area contributed by atoms with Gasteiger partial charge < -0.3 is 20.1 Å². The highest BCUT2D eigenvalue weighted by Gasteiger charge is 2.23. The number of H-pyrrole nitrogens is 1. The van der Waals surface area contributed by atoms with Crippen molar-refractivity contribution in [3.8, 4) is 11.1 Å². The van der Waals surface area contributed by atoms with Crippen molar-refractivity contribution in [2.24, 2.45) is 0 Å². The number of amides is 1. The van der Waals surface area contributed by atoms with E-state index >= 15 is 0 Å². The average Bonchev–Trinajstić information content (AvgIpc) is 2.70. The third-order valence-corrected chi connectivity index (χ3v) is 4.74. The largest absolute Gasteiger partial charge is 0.376 e. The maximum atomic E-state index is 12.4. The lowest BCUT2D eigenvalue weighted by Gasteiger charge is -2.33. The molecule has 0 radical (unpaired) electrons. The second-order valence-electron chi connectivity index (χ2n) is 7.30. The fraction of sp³-hybridized carbons (Fsp3) is 0.381. The Morgan fingerprint density at radius 3 is 2.89 bits per heavy atom. The van der Waals surface area contributed by atoms with E-state index in [1.165, 1.54) is 0 Å². The lowest BCUT2D eigenvalue weighted by Crippen LogP contribution is -2.45. The summed E-state index contributed by atoms with van der Waals surface area (Å²) in [6, 6.07) is 5.71. The van der Waals surface area contributed by atoms with E-state index < -0.39 is 0 Å². The van der Waals surface area contributed by atoms with Crippen molar-refractivity contribution in [3.05, 3.63) is 59.3 Å². The first-order valence-corrected chi connectivity index (χ1v) is 9.53. The first kappa shape index (κ1) is 19.8. The van der Waals surface area contributed by atoms with E-state index in [1.807, 2.05) is 48.2 Å². The summed E-state index contributed by atoms with van der Waals surface area (Å²) in [6.07, 6.45) is 10.5. The van der Waals surface area contributed by atoms with Gasteiger partial charge in [-0.25, -0.2) is 0 Å². The van der Waals surface area contributed by atoms with E-state index in [1.54, 1.807) is 24.7 Å². The lowest BCUT2D eigenvalue weighted by molar-refractivity contribution is -0.127. The summed E-state index contributed by atoms with van der Waals surface area (Å²) in [4.78, 5) is 35.3. The predicted molar refractivity (Wildman–Crippen MR) is 111 cm³/mol. The van der Waals surface area contributed by atoms with E-state index in [-0.39, 0.29) is 17.5 Å². The van der Waals surface area contributed by atoms with Gasteiger partial charge in [-0.15, -0.1) is 0 Å². The summed E-state index contributed by atoms with van der Waals surface area (Å²) in [5, 5.41) is 3.33. The average molecular weight is 381 g/mol. The Balaban J connectivity index is 1.67. The quantitative estimate of drug-likeness (QED) is 0.748. The molecule has 0 saturated carbocycles. The molecule has 2 N–H and O–H groups in total. The van der Waals surface area contributed by atoms with Crippen LogP contribution in [0.3, 0.4) is 0 Å². The molecule has 2 aromatic rings. The second-order valence-corrected chi connectivity index (χ2v) is 7.30. The Morgan fingerprint density at radius 2 is 2.14 bits per heavy atom. The SMILES string of the molecule is CN(C)CC=CC(=O)N1CCC[C@@H](Nc2cc(-c3ccncc3)c[nH]c2=O)C1. The zero-order valence-corrected chi connectivity index (χ0v) is 16.4. The number of anilines is 1. The standard InChI is InChI=1S/C21H27N5O2/c1-25(2)11-4-6-20(27)26-12-3-5-18(15-26)24-19-13-17(14-23-21(19)28)16-7-9-22-10-8-16/h4,6-10,13-14,18,24H,3,5,11-12,15H2,1-2H3,(H,23,28)/t18-/m1/s1. The molecule has 1 aliphatic rings. The van der Waals surface area contributed by atoms with Crippen LogP contribution in [0.2, 0.25) is 0 Å². The molecule has 0 aromatic carbocycles. The Bertz CT molecular complexity index is 876. The molecular weight excluding hydrogens is 354 g/mol. The number of piperidine rings is 1. The van der Waals surface area contributed by atoms with Crippen LogP contribution in [0.1, 0.15) is 12.8 Å². The fourth-order valence-corrected chi connectivity index (χ4v) is 3.29. The molecule has 1 aliphatic heterocycles. The van der Waals surface area contributed by atoms with E-state index in [0.717, 1.165) is 37.1 Å². The zero-order chi connectivity index (χ0) is 19.9. The van der Waals surface area contributed by atoms with Crippen molar-refractivity contribution in [2.75, 3.05) is 39.0 Å². The molecule has 2 aromatic heterocycles. The number of aromatic nitrogens is 2. The molecule has 0 spiro atoms. The van der Waals surface area contributed by atoms with Gasteiger partial charge in [-0.2, -0.15) is 0 Å². The number of nitrogens with one attached hydrogen (secondary N) is 2. The van der Waals surface area contributed by atoms with Crippen LogP contribution in [-0.4, -0.2) is 65.4 Å². The van der Waals surface area contributed by atoms with E-state index in [2.05, 4.69) is 15.3 Å². The minimum absolute atomic E-state index is 0.0211. The van der Waals surface area contributed by atoms with Crippen LogP contribution in [0.5, 0.6) is 0 Å².